The van der Waals surface area contributed by atoms with Crippen LogP contribution in [0.3, 0.4) is 0 Å². The van der Waals surface area contributed by atoms with E-state index in [0.717, 1.165) is 133 Å². The van der Waals surface area contributed by atoms with Crippen LogP contribution in [0.1, 0.15) is 0 Å². The third kappa shape index (κ3) is 11.5. The fraction of sp³-hybridized carbons (Fsp3) is 0. The molecule has 3 aromatic heterocycles. The van der Waals surface area contributed by atoms with Gasteiger partial charge in [-0.15, -0.1) is 0 Å². The lowest BCUT2D eigenvalue weighted by Gasteiger charge is -2.12. The number of nitrogens with one attached hydrogen (secondary N) is 3. The maximum Gasteiger partial charge on any atom is 0.145 e. The molecule has 3 N–H and O–H groups in total. The van der Waals surface area contributed by atoms with E-state index in [1.807, 2.05) is 78.9 Å². The standard InChI is InChI=1S/C38H25NO.C30H21NO.C24H17NO/c1-2-8-26(9-3-1)32-22-23-35(37-33-12-6-7-13-36(33)40-38(32)37)39-30-20-18-25(19-21-30)29-17-16-28-15-14-27-10-4-5-11-31(27)34(28)24-29;1-3-9-21(10-4-1)22-15-17-24(18-16-22)31-27-20-19-25(23-11-5-2-6-12-23)30-29(27)26-13-7-8-14-28(26)32-30;1-3-9-17(10-4-1)19-15-16-21(25-18-11-5-2-6-12-18)23-20-13-7-8-14-22(20)26-24(19)23/h1-24,39H;1-20,31H;1-16,25H. The van der Waals surface area contributed by atoms with E-state index in [2.05, 4.69) is 301 Å². The lowest BCUT2D eigenvalue weighted by atomic mass is 9.97. The fourth-order valence-corrected chi connectivity index (χ4v) is 13.6. The molecule has 16 aromatic carbocycles. The van der Waals surface area contributed by atoms with Gasteiger partial charge in [0.25, 0.3) is 0 Å². The summed E-state index contributed by atoms with van der Waals surface area (Å²) in [5.74, 6) is 0. The van der Waals surface area contributed by atoms with Crippen LogP contribution in [0.15, 0.2) is 377 Å². The number of hydrogen-bond acceptors (Lipinski definition) is 6. The van der Waals surface area contributed by atoms with E-state index >= 15 is 0 Å². The minimum Gasteiger partial charge on any atom is -0.455 e. The Labute approximate surface area is 566 Å². The normalized spacial score (nSPS) is 11.3. The van der Waals surface area contributed by atoms with E-state index in [4.69, 9.17) is 13.3 Å². The van der Waals surface area contributed by atoms with Gasteiger partial charge in [0.15, 0.2) is 0 Å². The number of benzene rings is 16. The van der Waals surface area contributed by atoms with Gasteiger partial charge in [0.1, 0.15) is 33.5 Å². The molecule has 0 radical (unpaired) electrons. The maximum absolute atomic E-state index is 6.42. The zero-order valence-electron chi connectivity index (χ0n) is 53.4. The van der Waals surface area contributed by atoms with Crippen molar-refractivity contribution in [2.24, 2.45) is 0 Å². The van der Waals surface area contributed by atoms with Gasteiger partial charge >= 0.3 is 0 Å². The van der Waals surface area contributed by atoms with Crippen molar-refractivity contribution in [3.8, 4) is 55.6 Å². The summed E-state index contributed by atoms with van der Waals surface area (Å²) in [6.45, 7) is 0. The summed E-state index contributed by atoms with van der Waals surface area (Å²) in [7, 11) is 0. The van der Waals surface area contributed by atoms with Gasteiger partial charge in [-0.1, -0.05) is 267 Å². The lowest BCUT2D eigenvalue weighted by Crippen LogP contribution is -1.92. The molecule has 3 heterocycles. The maximum atomic E-state index is 6.42. The van der Waals surface area contributed by atoms with Crippen molar-refractivity contribution in [2.45, 2.75) is 0 Å². The average molecular weight is 1260 g/mol. The minimum absolute atomic E-state index is 0.892. The summed E-state index contributed by atoms with van der Waals surface area (Å²) in [5, 5.41) is 22.6. The van der Waals surface area contributed by atoms with E-state index in [-0.39, 0.29) is 0 Å². The quantitative estimate of drug-likeness (QED) is 0.112. The van der Waals surface area contributed by atoms with Crippen LogP contribution in [0.5, 0.6) is 0 Å². The SMILES string of the molecule is c1ccc(-c2ccc(Nc3ccc(-c4ccc5ccc6ccccc6c5c4)cc3)c3c2oc2ccccc23)cc1.c1ccc(-c2ccc(Nc3ccc(-c4ccccc4)c4oc5ccccc5c34)cc2)cc1.c1ccc(Nc2ccc(-c3ccccc3)c3oc4ccccc4c23)cc1. The molecule has 19 rings (SSSR count). The zero-order chi connectivity index (χ0) is 65.1. The predicted octanol–water partition coefficient (Wildman–Crippen LogP) is 26.6. The lowest BCUT2D eigenvalue weighted by molar-refractivity contribution is 0.669. The Hall–Kier alpha value is -13.2. The van der Waals surface area contributed by atoms with Crippen LogP contribution in [0.2, 0.25) is 0 Å². The van der Waals surface area contributed by atoms with Crippen LogP contribution in [0.4, 0.5) is 34.1 Å². The molecule has 6 nitrogen and oxygen atoms in total. The summed E-state index contributed by atoms with van der Waals surface area (Å²) in [6, 6.07) is 126. The molecule has 0 saturated carbocycles. The summed E-state index contributed by atoms with van der Waals surface area (Å²) in [5.41, 5.74) is 23.3. The molecule has 0 amide bonds. The molecule has 6 heteroatoms. The Morgan fingerprint density at radius 1 is 0.184 bits per heavy atom. The van der Waals surface area contributed by atoms with Gasteiger partial charge in [-0.2, -0.15) is 0 Å². The van der Waals surface area contributed by atoms with Crippen molar-refractivity contribution in [1.29, 1.82) is 0 Å². The highest BCUT2D eigenvalue weighted by molar-refractivity contribution is 6.19. The number of furan rings is 3. The molecule has 0 bridgehead atoms. The molecule has 0 aliphatic rings. The van der Waals surface area contributed by atoms with Gasteiger partial charge in [0.2, 0.25) is 0 Å². The number of anilines is 6. The van der Waals surface area contributed by atoms with E-state index in [0.29, 0.717) is 0 Å². The Morgan fingerprint density at radius 2 is 0.469 bits per heavy atom. The highest BCUT2D eigenvalue weighted by Gasteiger charge is 2.20. The molecule has 464 valence electrons. The van der Waals surface area contributed by atoms with Gasteiger partial charge < -0.3 is 29.2 Å². The number of fused-ring (bicyclic) bond motifs is 12. The molecular weight excluding hydrogens is 1200 g/mol. The van der Waals surface area contributed by atoms with Crippen molar-refractivity contribution < 1.29 is 13.3 Å². The molecule has 0 fully saturated rings. The van der Waals surface area contributed by atoms with Crippen LogP contribution in [-0.2, 0) is 0 Å². The van der Waals surface area contributed by atoms with Crippen molar-refractivity contribution >= 4 is 121 Å². The average Bonchev–Trinajstić information content (AvgIpc) is 1.67. The van der Waals surface area contributed by atoms with E-state index < -0.39 is 0 Å². The smallest absolute Gasteiger partial charge is 0.145 e. The van der Waals surface area contributed by atoms with Crippen molar-refractivity contribution in [3.63, 3.8) is 0 Å². The number of rotatable bonds is 11. The first kappa shape index (κ1) is 58.6. The first-order valence-electron chi connectivity index (χ1n) is 33.1. The van der Waals surface area contributed by atoms with E-state index in [1.165, 1.54) is 43.8 Å². The first-order valence-corrected chi connectivity index (χ1v) is 33.1. The Kier molecular flexibility index (Phi) is 15.5. The van der Waals surface area contributed by atoms with Crippen molar-refractivity contribution in [3.05, 3.63) is 364 Å². The van der Waals surface area contributed by atoms with Gasteiger partial charge in [-0.3, -0.25) is 0 Å². The van der Waals surface area contributed by atoms with Crippen molar-refractivity contribution in [1.82, 2.24) is 0 Å². The largest absolute Gasteiger partial charge is 0.455 e. The second-order valence-corrected chi connectivity index (χ2v) is 24.5. The highest BCUT2D eigenvalue weighted by Crippen LogP contribution is 2.45. The van der Waals surface area contributed by atoms with Crippen molar-refractivity contribution in [2.75, 3.05) is 16.0 Å². The summed E-state index contributed by atoms with van der Waals surface area (Å²) >= 11 is 0. The van der Waals surface area contributed by atoms with Crippen LogP contribution >= 0.6 is 0 Å². The minimum atomic E-state index is 0.892. The van der Waals surface area contributed by atoms with E-state index in [9.17, 15) is 0 Å². The van der Waals surface area contributed by atoms with Gasteiger partial charge in [-0.25, -0.2) is 0 Å². The molecule has 0 atom stereocenters. The molecule has 19 aromatic rings. The summed E-state index contributed by atoms with van der Waals surface area (Å²) in [6.07, 6.45) is 0. The molecule has 0 saturated heterocycles. The topological polar surface area (TPSA) is 75.5 Å². The number of para-hydroxylation sites is 4. The molecule has 0 aliphatic carbocycles. The molecule has 0 unspecified atom stereocenters. The number of hydrogen-bond donors (Lipinski definition) is 3. The summed E-state index contributed by atoms with van der Waals surface area (Å²) in [4.78, 5) is 0. The molecule has 0 spiro atoms. The zero-order valence-corrected chi connectivity index (χ0v) is 53.4. The van der Waals surface area contributed by atoms with E-state index in [1.54, 1.807) is 0 Å². The second kappa shape index (κ2) is 26.0. The third-order valence-corrected chi connectivity index (χ3v) is 18.4. The monoisotopic (exact) mass is 1260 g/mol. The van der Waals surface area contributed by atoms with Gasteiger partial charge in [-0.05, 0) is 158 Å². The Balaban J connectivity index is 0.000000113. The van der Waals surface area contributed by atoms with Crippen LogP contribution in [0, 0.1) is 0 Å². The summed E-state index contributed by atoms with van der Waals surface area (Å²) < 4.78 is 19.0. The van der Waals surface area contributed by atoms with Gasteiger partial charge in [0.05, 0.1) is 33.2 Å². The third-order valence-electron chi connectivity index (χ3n) is 18.4. The highest BCUT2D eigenvalue weighted by atomic mass is 16.3. The molecule has 98 heavy (non-hydrogen) atoms. The fourth-order valence-electron chi connectivity index (χ4n) is 13.6. The van der Waals surface area contributed by atoms with Crippen LogP contribution in [-0.4, -0.2) is 0 Å². The predicted molar refractivity (Wildman–Crippen MR) is 413 cm³/mol. The Morgan fingerprint density at radius 3 is 0.878 bits per heavy atom. The van der Waals surface area contributed by atoms with Gasteiger partial charge in [0, 0.05) is 49.9 Å². The first-order chi connectivity index (χ1) is 48.6. The Bertz CT molecular complexity index is 6050. The van der Waals surface area contributed by atoms with Crippen LogP contribution < -0.4 is 16.0 Å². The molecular formula is C92H63N3O3. The van der Waals surface area contributed by atoms with Crippen LogP contribution in [0.25, 0.3) is 143 Å². The second-order valence-electron chi connectivity index (χ2n) is 24.5. The molecule has 0 aliphatic heterocycles.